The summed E-state index contributed by atoms with van der Waals surface area (Å²) >= 11 is 0. The van der Waals surface area contributed by atoms with Gasteiger partial charge in [0.2, 0.25) is 0 Å². The molecule has 2 saturated carbocycles. The molecule has 4 rings (SSSR count). The van der Waals surface area contributed by atoms with Gasteiger partial charge in [0.25, 0.3) is 0 Å². The highest BCUT2D eigenvalue weighted by Crippen LogP contribution is 2.61. The molecule has 3 aliphatic carbocycles. The van der Waals surface area contributed by atoms with E-state index in [0.29, 0.717) is 29.9 Å². The number of esters is 1. The first-order chi connectivity index (χ1) is 13.5. The molecule has 0 aliphatic heterocycles. The monoisotopic (exact) mass is 384 g/mol. The number of fused-ring (bicyclic) bond motifs is 5. The summed E-state index contributed by atoms with van der Waals surface area (Å²) in [5.74, 6) is 2.39. The smallest absolute Gasteiger partial charge is 0.306 e. The number of hydrogen-bond acceptors (Lipinski definition) is 3. The largest absolute Gasteiger partial charge is 0.508 e. The minimum absolute atomic E-state index is 0.0227. The predicted molar refractivity (Wildman–Crippen MR) is 111 cm³/mol. The third-order valence-electron chi connectivity index (χ3n) is 8.13. The van der Waals surface area contributed by atoms with Crippen LogP contribution >= 0.6 is 0 Å². The van der Waals surface area contributed by atoms with Crippen LogP contribution in [0.1, 0.15) is 95.1 Å². The Labute approximate surface area is 169 Å². The first kappa shape index (κ1) is 19.8. The van der Waals surface area contributed by atoms with Crippen molar-refractivity contribution in [2.24, 2.45) is 17.3 Å². The number of ether oxygens (including phenoxy) is 1. The maximum atomic E-state index is 12.4. The molecule has 0 radical (unpaired) electrons. The van der Waals surface area contributed by atoms with Crippen molar-refractivity contribution in [1.82, 2.24) is 0 Å². The lowest BCUT2D eigenvalue weighted by Crippen LogP contribution is -2.45. The average Bonchev–Trinajstić information content (AvgIpc) is 3.01. The number of rotatable bonds is 6. The molecule has 0 aromatic heterocycles. The van der Waals surface area contributed by atoms with E-state index in [9.17, 15) is 9.90 Å². The van der Waals surface area contributed by atoms with Crippen LogP contribution in [0.3, 0.4) is 0 Å². The van der Waals surface area contributed by atoms with Crippen LogP contribution in [-0.2, 0) is 16.0 Å². The fraction of sp³-hybridized carbons (Fsp3) is 0.720. The molecular weight excluding hydrogens is 348 g/mol. The fourth-order valence-electron chi connectivity index (χ4n) is 6.63. The highest BCUT2D eigenvalue weighted by atomic mass is 16.5. The zero-order valence-electron chi connectivity index (χ0n) is 17.6. The number of aryl methyl sites for hydroxylation is 1. The van der Waals surface area contributed by atoms with E-state index in [-0.39, 0.29) is 17.5 Å². The number of hydrogen-bond donors (Lipinski definition) is 1. The zero-order chi connectivity index (χ0) is 19.7. The molecule has 0 spiro atoms. The van der Waals surface area contributed by atoms with Gasteiger partial charge in [-0.3, -0.25) is 4.79 Å². The van der Waals surface area contributed by atoms with Gasteiger partial charge in [-0.05, 0) is 86.0 Å². The van der Waals surface area contributed by atoms with Crippen molar-refractivity contribution in [3.05, 3.63) is 29.3 Å². The molecular formula is C25H36O3. The minimum atomic E-state index is 0.0227. The summed E-state index contributed by atoms with van der Waals surface area (Å²) in [6, 6.07) is 5.98. The van der Waals surface area contributed by atoms with Crippen LogP contribution in [0.4, 0.5) is 0 Å². The summed E-state index contributed by atoms with van der Waals surface area (Å²) in [5, 5.41) is 9.84. The lowest BCUT2D eigenvalue weighted by atomic mass is 9.55. The van der Waals surface area contributed by atoms with Gasteiger partial charge < -0.3 is 9.84 Å². The van der Waals surface area contributed by atoms with E-state index < -0.39 is 0 Å². The second-order valence-electron chi connectivity index (χ2n) is 9.71. The highest BCUT2D eigenvalue weighted by Gasteiger charge is 2.56. The van der Waals surface area contributed by atoms with E-state index >= 15 is 0 Å². The molecule has 3 aliphatic rings. The number of aromatic hydroxyl groups is 1. The molecule has 154 valence electrons. The lowest BCUT2D eigenvalue weighted by Gasteiger charge is -2.50. The lowest BCUT2D eigenvalue weighted by molar-refractivity contribution is -0.157. The van der Waals surface area contributed by atoms with Crippen LogP contribution in [0.25, 0.3) is 0 Å². The molecule has 1 aromatic carbocycles. The van der Waals surface area contributed by atoms with Crippen LogP contribution in [-0.4, -0.2) is 17.2 Å². The van der Waals surface area contributed by atoms with Crippen molar-refractivity contribution >= 4 is 5.97 Å². The highest BCUT2D eigenvalue weighted by molar-refractivity contribution is 5.69. The van der Waals surface area contributed by atoms with Gasteiger partial charge in [-0.2, -0.15) is 0 Å². The molecule has 2 fully saturated rings. The SMILES string of the molecule is CCCCCCC(=O)O[C@H]1CC[C@@H]2[C@@H]3CCc4cc(O)ccc4[C@H]3CC[C@]12C. The Kier molecular flexibility index (Phi) is 5.71. The minimum Gasteiger partial charge on any atom is -0.508 e. The second kappa shape index (κ2) is 8.08. The van der Waals surface area contributed by atoms with Crippen LogP contribution in [0, 0.1) is 17.3 Å². The van der Waals surface area contributed by atoms with Gasteiger partial charge in [0.05, 0.1) is 0 Å². The number of carbonyl (C=O) groups is 1. The Bertz CT molecular complexity index is 712. The van der Waals surface area contributed by atoms with E-state index in [2.05, 4.69) is 19.9 Å². The van der Waals surface area contributed by atoms with Gasteiger partial charge in [-0.25, -0.2) is 0 Å². The predicted octanol–water partition coefficient (Wildman–Crippen LogP) is 6.13. The van der Waals surface area contributed by atoms with Gasteiger partial charge in [0, 0.05) is 11.8 Å². The van der Waals surface area contributed by atoms with Crippen LogP contribution < -0.4 is 0 Å². The van der Waals surface area contributed by atoms with Crippen molar-refractivity contribution in [1.29, 1.82) is 0 Å². The average molecular weight is 385 g/mol. The molecule has 3 nitrogen and oxygen atoms in total. The topological polar surface area (TPSA) is 46.5 Å². The van der Waals surface area contributed by atoms with Gasteiger partial charge in [-0.15, -0.1) is 0 Å². The Hall–Kier alpha value is -1.51. The molecule has 5 atom stereocenters. The van der Waals surface area contributed by atoms with Crippen molar-refractivity contribution in [2.45, 2.75) is 96.5 Å². The number of benzene rings is 1. The maximum absolute atomic E-state index is 12.4. The van der Waals surface area contributed by atoms with Gasteiger partial charge in [-0.1, -0.05) is 39.2 Å². The Morgan fingerprint density at radius 3 is 2.86 bits per heavy atom. The van der Waals surface area contributed by atoms with E-state index in [1.54, 1.807) is 0 Å². The quantitative estimate of drug-likeness (QED) is 0.474. The molecule has 0 amide bonds. The molecule has 1 aromatic rings. The normalized spacial score (nSPS) is 33.6. The van der Waals surface area contributed by atoms with Crippen LogP contribution in [0.5, 0.6) is 5.75 Å². The Morgan fingerprint density at radius 2 is 2.04 bits per heavy atom. The third kappa shape index (κ3) is 3.57. The first-order valence-corrected chi connectivity index (χ1v) is 11.5. The summed E-state index contributed by atoms with van der Waals surface area (Å²) in [6.07, 6.45) is 12.0. The summed E-state index contributed by atoms with van der Waals surface area (Å²) in [7, 11) is 0. The standard InChI is InChI=1S/C25H36O3/c1-3-4-5-6-7-24(27)28-23-13-12-22-21-10-8-17-16-18(26)9-11-19(17)20(21)14-15-25(22,23)2/h9,11,16,20-23,26H,3-8,10,12-15H2,1-2H3/t20-,21-,22-,23+,25+/m1/s1. The van der Waals surface area contributed by atoms with Gasteiger partial charge in [0.15, 0.2) is 0 Å². The molecule has 0 unspecified atom stereocenters. The van der Waals surface area contributed by atoms with Crippen LogP contribution in [0.2, 0.25) is 0 Å². The molecule has 0 saturated heterocycles. The first-order valence-electron chi connectivity index (χ1n) is 11.5. The second-order valence-corrected chi connectivity index (χ2v) is 9.71. The van der Waals surface area contributed by atoms with E-state index in [1.165, 1.54) is 43.2 Å². The van der Waals surface area contributed by atoms with Gasteiger partial charge >= 0.3 is 5.97 Å². The van der Waals surface area contributed by atoms with E-state index in [1.807, 2.05) is 12.1 Å². The Morgan fingerprint density at radius 1 is 1.18 bits per heavy atom. The van der Waals surface area contributed by atoms with E-state index in [0.717, 1.165) is 32.1 Å². The van der Waals surface area contributed by atoms with E-state index in [4.69, 9.17) is 4.74 Å². The number of carbonyl (C=O) groups excluding carboxylic acids is 1. The van der Waals surface area contributed by atoms with Crippen LogP contribution in [0.15, 0.2) is 18.2 Å². The maximum Gasteiger partial charge on any atom is 0.306 e. The molecule has 28 heavy (non-hydrogen) atoms. The molecule has 0 heterocycles. The number of phenols is 1. The summed E-state index contributed by atoms with van der Waals surface area (Å²) in [6.45, 7) is 4.59. The zero-order valence-corrected chi connectivity index (χ0v) is 17.6. The number of unbranched alkanes of at least 4 members (excludes halogenated alkanes) is 3. The van der Waals surface area contributed by atoms with Gasteiger partial charge in [0.1, 0.15) is 11.9 Å². The third-order valence-corrected chi connectivity index (χ3v) is 8.13. The Balaban J connectivity index is 1.42. The molecule has 3 heteroatoms. The summed E-state index contributed by atoms with van der Waals surface area (Å²) < 4.78 is 6.06. The summed E-state index contributed by atoms with van der Waals surface area (Å²) in [4.78, 5) is 12.4. The van der Waals surface area contributed by atoms with Crippen molar-refractivity contribution < 1.29 is 14.6 Å². The van der Waals surface area contributed by atoms with Crippen molar-refractivity contribution in [3.8, 4) is 5.75 Å². The number of phenolic OH excluding ortho intramolecular Hbond substituents is 1. The van der Waals surface area contributed by atoms with Crippen molar-refractivity contribution in [3.63, 3.8) is 0 Å². The van der Waals surface area contributed by atoms with Crippen molar-refractivity contribution in [2.75, 3.05) is 0 Å². The summed E-state index contributed by atoms with van der Waals surface area (Å²) in [5.41, 5.74) is 2.96. The fourth-order valence-corrected chi connectivity index (χ4v) is 6.63. The molecule has 1 N–H and O–H groups in total. The molecule has 0 bridgehead atoms.